The summed E-state index contributed by atoms with van der Waals surface area (Å²) in [5, 5.41) is 18.0. The maximum absolute atomic E-state index is 13.3. The van der Waals surface area contributed by atoms with Crippen molar-refractivity contribution < 1.29 is 19.0 Å². The Bertz CT molecular complexity index is 1600. The minimum atomic E-state index is -0.634. The lowest BCUT2D eigenvalue weighted by Gasteiger charge is -2.27. The molecule has 1 unspecified atom stereocenters. The number of aryl methyl sites for hydroxylation is 2. The largest absolute Gasteiger partial charge is 0.474 e. The third-order valence-corrected chi connectivity index (χ3v) is 7.50. The van der Waals surface area contributed by atoms with Gasteiger partial charge in [0.15, 0.2) is 6.23 Å². The molecule has 0 radical (unpaired) electrons. The van der Waals surface area contributed by atoms with Crippen LogP contribution in [0.3, 0.4) is 0 Å². The van der Waals surface area contributed by atoms with Gasteiger partial charge in [0.05, 0.1) is 41.8 Å². The van der Waals surface area contributed by atoms with E-state index in [1.54, 1.807) is 4.90 Å². The van der Waals surface area contributed by atoms with Gasteiger partial charge in [0, 0.05) is 30.3 Å². The van der Waals surface area contributed by atoms with Crippen LogP contribution in [0.5, 0.6) is 5.88 Å². The van der Waals surface area contributed by atoms with Crippen LogP contribution in [0.4, 0.5) is 4.79 Å². The highest BCUT2D eigenvalue weighted by Crippen LogP contribution is 2.34. The summed E-state index contributed by atoms with van der Waals surface area (Å²) < 4.78 is 21.8. The van der Waals surface area contributed by atoms with E-state index in [0.29, 0.717) is 19.0 Å². The number of hydrogen-bond donors (Lipinski definition) is 1. The fourth-order valence-electron chi connectivity index (χ4n) is 5.36. The third-order valence-electron chi connectivity index (χ3n) is 7.50. The average Bonchev–Trinajstić information content (AvgIpc) is 3.60. The van der Waals surface area contributed by atoms with Gasteiger partial charge in [0.1, 0.15) is 12.2 Å². The van der Waals surface area contributed by atoms with Gasteiger partial charge in [-0.2, -0.15) is 10.2 Å². The molecular formula is C30H37N7O4. The van der Waals surface area contributed by atoms with E-state index in [9.17, 15) is 4.79 Å². The highest BCUT2D eigenvalue weighted by molar-refractivity contribution is 5.93. The molecule has 5 heterocycles. The lowest BCUT2D eigenvalue weighted by Crippen LogP contribution is -2.39. The zero-order valence-corrected chi connectivity index (χ0v) is 24.3. The van der Waals surface area contributed by atoms with Crippen LogP contribution in [-0.4, -0.2) is 66.1 Å². The molecule has 1 atom stereocenters. The summed E-state index contributed by atoms with van der Waals surface area (Å²) in [5.41, 5.74) is 5.75. The summed E-state index contributed by atoms with van der Waals surface area (Å²) in [6.07, 6.45) is 8.42. The van der Waals surface area contributed by atoms with Gasteiger partial charge in [0.25, 0.3) is 0 Å². The number of ether oxygens (including phenoxy) is 3. The molecule has 2 aliphatic heterocycles. The second-order valence-electron chi connectivity index (χ2n) is 11.7. The zero-order valence-electron chi connectivity index (χ0n) is 24.3. The molecule has 0 aliphatic carbocycles. The molecular weight excluding hydrogens is 522 g/mol. The van der Waals surface area contributed by atoms with Crippen molar-refractivity contribution in [2.75, 3.05) is 19.8 Å². The molecule has 4 aromatic rings. The van der Waals surface area contributed by atoms with Crippen molar-refractivity contribution in [3.05, 3.63) is 47.0 Å². The van der Waals surface area contributed by atoms with Crippen LogP contribution in [0.15, 0.2) is 24.4 Å². The summed E-state index contributed by atoms with van der Waals surface area (Å²) in [6, 6.07) is 6.35. The summed E-state index contributed by atoms with van der Waals surface area (Å²) in [4.78, 5) is 15.0. The molecule has 2 bridgehead atoms. The minimum Gasteiger partial charge on any atom is -0.474 e. The van der Waals surface area contributed by atoms with E-state index in [-0.39, 0.29) is 12.8 Å². The summed E-state index contributed by atoms with van der Waals surface area (Å²) in [6.45, 7) is 9.12. The van der Waals surface area contributed by atoms with E-state index >= 15 is 0 Å². The smallest absolute Gasteiger partial charge is 0.410 e. The van der Waals surface area contributed by atoms with Crippen molar-refractivity contribution in [1.29, 1.82) is 0 Å². The Balaban J connectivity index is 1.49. The number of H-pyrrole nitrogens is 1. The number of carbonyl (C=O) groups is 1. The minimum absolute atomic E-state index is 0.101. The first kappa shape index (κ1) is 27.1. The SMILES string of the molecule is Cc1[nH]nc2c1/C=C\c1nn(C3CCCCO3)c3ccc(cc13)-c1cnn(C)c1CN(C(=O)OC(C)(C)C)CCO2. The van der Waals surface area contributed by atoms with Crippen molar-refractivity contribution in [2.45, 2.75) is 65.3 Å². The summed E-state index contributed by atoms with van der Waals surface area (Å²) in [5.74, 6) is 0.471. The first-order chi connectivity index (χ1) is 19.7. The van der Waals surface area contributed by atoms with E-state index in [4.69, 9.17) is 19.3 Å². The summed E-state index contributed by atoms with van der Waals surface area (Å²) >= 11 is 0. The molecule has 11 heteroatoms. The van der Waals surface area contributed by atoms with Gasteiger partial charge in [-0.25, -0.2) is 9.48 Å². The molecule has 11 nitrogen and oxygen atoms in total. The van der Waals surface area contributed by atoms with Crippen LogP contribution in [-0.2, 0) is 23.1 Å². The topological polar surface area (TPSA) is 112 Å². The Kier molecular flexibility index (Phi) is 7.06. The van der Waals surface area contributed by atoms with Gasteiger partial charge < -0.3 is 14.2 Å². The second kappa shape index (κ2) is 10.7. The lowest BCUT2D eigenvalue weighted by atomic mass is 10.0. The predicted octanol–water partition coefficient (Wildman–Crippen LogP) is 5.47. The Morgan fingerprint density at radius 1 is 1.17 bits per heavy atom. The molecule has 0 saturated carbocycles. The number of rotatable bonds is 1. The normalized spacial score (nSPS) is 18.8. The van der Waals surface area contributed by atoms with Crippen LogP contribution in [0.2, 0.25) is 0 Å². The Hall–Kier alpha value is -4.12. The number of nitrogens with zero attached hydrogens (tertiary/aromatic N) is 6. The third kappa shape index (κ3) is 5.46. The molecule has 1 fully saturated rings. The van der Waals surface area contributed by atoms with E-state index in [1.165, 1.54) is 0 Å². The van der Waals surface area contributed by atoms with Gasteiger partial charge in [-0.3, -0.25) is 14.7 Å². The van der Waals surface area contributed by atoms with Crippen molar-refractivity contribution in [3.63, 3.8) is 0 Å². The molecule has 1 N–H and O–H groups in total. The fraction of sp³-hybridized carbons (Fsp3) is 0.467. The molecule has 1 amide bonds. The monoisotopic (exact) mass is 559 g/mol. The van der Waals surface area contributed by atoms with E-state index in [0.717, 1.165) is 70.5 Å². The standard InChI is InChI=1S/C30H37N7O4/c1-19-21-10-11-24-22-16-20(9-12-25(22)37(34-24)27-8-6-7-14-39-27)23-17-31-35(5)26(23)18-36(29(38)41-30(2,3)4)13-15-40-28(21)33-32-19/h9-12,16-17,27H,6-8,13-15,18H2,1-5H3,(H,32,33)/b11-10-. The lowest BCUT2D eigenvalue weighted by molar-refractivity contribution is -0.0367. The first-order valence-corrected chi connectivity index (χ1v) is 14.2. The van der Waals surface area contributed by atoms with Crippen LogP contribution < -0.4 is 4.74 Å². The number of aromatic amines is 1. The number of hydrogen-bond acceptors (Lipinski definition) is 7. The molecule has 2 aliphatic rings. The average molecular weight is 560 g/mol. The molecule has 1 aromatic carbocycles. The quantitative estimate of drug-likeness (QED) is 0.329. The number of fused-ring (bicyclic) bond motifs is 4. The van der Waals surface area contributed by atoms with Gasteiger partial charge in [-0.05, 0) is 76.8 Å². The van der Waals surface area contributed by atoms with Crippen LogP contribution in [0.1, 0.15) is 68.9 Å². The van der Waals surface area contributed by atoms with Gasteiger partial charge in [-0.1, -0.05) is 6.07 Å². The van der Waals surface area contributed by atoms with Gasteiger partial charge in [0.2, 0.25) is 5.88 Å². The molecule has 6 rings (SSSR count). The van der Waals surface area contributed by atoms with Crippen LogP contribution in [0.25, 0.3) is 34.2 Å². The zero-order chi connectivity index (χ0) is 28.7. The van der Waals surface area contributed by atoms with Crippen molar-refractivity contribution in [3.8, 4) is 17.0 Å². The van der Waals surface area contributed by atoms with Crippen LogP contribution >= 0.6 is 0 Å². The molecule has 0 spiro atoms. The number of amides is 1. The highest BCUT2D eigenvalue weighted by atomic mass is 16.6. The van der Waals surface area contributed by atoms with E-state index in [1.807, 2.05) is 62.5 Å². The van der Waals surface area contributed by atoms with Gasteiger partial charge >= 0.3 is 6.09 Å². The molecule has 1 saturated heterocycles. The number of carbonyl (C=O) groups excluding carboxylic acids is 1. The maximum atomic E-state index is 13.3. The Morgan fingerprint density at radius 2 is 2.02 bits per heavy atom. The van der Waals surface area contributed by atoms with E-state index < -0.39 is 11.7 Å². The molecule has 216 valence electrons. The highest BCUT2D eigenvalue weighted by Gasteiger charge is 2.26. The Labute approximate surface area is 239 Å². The number of nitrogens with one attached hydrogen (secondary N) is 1. The Morgan fingerprint density at radius 3 is 2.80 bits per heavy atom. The second-order valence-corrected chi connectivity index (χ2v) is 11.7. The maximum Gasteiger partial charge on any atom is 0.410 e. The summed E-state index contributed by atoms with van der Waals surface area (Å²) in [7, 11) is 1.89. The fourth-order valence-corrected chi connectivity index (χ4v) is 5.36. The van der Waals surface area contributed by atoms with E-state index in [2.05, 4.69) is 33.5 Å². The number of aromatic nitrogens is 6. The van der Waals surface area contributed by atoms with Crippen molar-refractivity contribution in [2.24, 2.45) is 7.05 Å². The number of benzene rings is 1. The molecule has 41 heavy (non-hydrogen) atoms. The molecule has 3 aromatic heterocycles. The predicted molar refractivity (Wildman–Crippen MR) is 155 cm³/mol. The van der Waals surface area contributed by atoms with Crippen molar-refractivity contribution >= 4 is 29.1 Å². The van der Waals surface area contributed by atoms with Crippen LogP contribution in [0, 0.1) is 6.92 Å². The first-order valence-electron chi connectivity index (χ1n) is 14.2. The van der Waals surface area contributed by atoms with Gasteiger partial charge in [-0.15, -0.1) is 5.10 Å². The van der Waals surface area contributed by atoms with Crippen molar-refractivity contribution in [1.82, 2.24) is 34.7 Å².